The number of hydrogen-bond donors (Lipinski definition) is 0. The van der Waals surface area contributed by atoms with Gasteiger partial charge in [-0.25, -0.2) is 14.8 Å². The Balaban J connectivity index is 1.30. The fourth-order valence-corrected chi connectivity index (χ4v) is 6.41. The fraction of sp³-hybridized carbons (Fsp3) is 0.310. The minimum Gasteiger partial charge on any atom is -0.497 e. The standard InChI is InChI=1S/C29H31N5O3S2/c1-20-30-25-11-9-22(37-3)17-24(25)28(31-20)38-19-26(35)27-12-10-23(39-27)18-34(21-7-5-4-6-8-21)29(36)33-15-13-32(2)14-16-33/h4-12,17H,13-16,18-19H2,1-3H3. The van der Waals surface area contributed by atoms with Crippen LogP contribution < -0.4 is 9.64 Å². The van der Waals surface area contributed by atoms with Crippen molar-refractivity contribution in [3.63, 3.8) is 0 Å². The van der Waals surface area contributed by atoms with Crippen molar-refractivity contribution in [1.29, 1.82) is 0 Å². The zero-order valence-corrected chi connectivity index (χ0v) is 23.9. The van der Waals surface area contributed by atoms with Crippen molar-refractivity contribution in [1.82, 2.24) is 19.8 Å². The van der Waals surface area contributed by atoms with Crippen LogP contribution in [-0.4, -0.2) is 77.7 Å². The molecular weight excluding hydrogens is 530 g/mol. The number of piperazine rings is 1. The van der Waals surface area contributed by atoms with E-state index >= 15 is 0 Å². The summed E-state index contributed by atoms with van der Waals surface area (Å²) in [4.78, 5) is 43.4. The fourth-order valence-electron chi connectivity index (χ4n) is 4.45. The highest BCUT2D eigenvalue weighted by atomic mass is 32.2. The first kappa shape index (κ1) is 27.1. The number of anilines is 1. The number of fused-ring (bicyclic) bond motifs is 1. The molecular formula is C29H31N5O3S2. The van der Waals surface area contributed by atoms with Gasteiger partial charge in [0.2, 0.25) is 0 Å². The molecule has 39 heavy (non-hydrogen) atoms. The summed E-state index contributed by atoms with van der Waals surface area (Å²) in [7, 11) is 3.70. The number of thioether (sulfide) groups is 1. The topological polar surface area (TPSA) is 78.9 Å². The molecule has 202 valence electrons. The molecule has 0 spiro atoms. The average Bonchev–Trinajstić information content (AvgIpc) is 3.43. The molecule has 0 unspecified atom stereocenters. The molecule has 1 fully saturated rings. The molecule has 2 amide bonds. The van der Waals surface area contributed by atoms with Crippen molar-refractivity contribution in [2.24, 2.45) is 0 Å². The third kappa shape index (κ3) is 6.41. The number of ether oxygens (including phenoxy) is 1. The number of aryl methyl sites for hydroxylation is 1. The van der Waals surface area contributed by atoms with Crippen molar-refractivity contribution in [3.05, 3.63) is 76.2 Å². The Morgan fingerprint density at radius 3 is 2.54 bits per heavy atom. The molecule has 3 heterocycles. The third-order valence-corrected chi connectivity index (χ3v) is 8.74. The first-order valence-electron chi connectivity index (χ1n) is 12.8. The van der Waals surface area contributed by atoms with E-state index in [4.69, 9.17) is 4.74 Å². The summed E-state index contributed by atoms with van der Waals surface area (Å²) in [5.74, 6) is 1.66. The number of likely N-dealkylation sites (N-methyl/N-ethyl adjacent to an activating group) is 1. The number of amides is 2. The summed E-state index contributed by atoms with van der Waals surface area (Å²) in [5, 5.41) is 1.63. The Morgan fingerprint density at radius 2 is 1.79 bits per heavy atom. The van der Waals surface area contributed by atoms with Gasteiger partial charge in [-0.05, 0) is 56.4 Å². The van der Waals surface area contributed by atoms with E-state index in [0.717, 1.165) is 45.3 Å². The lowest BCUT2D eigenvalue weighted by atomic mass is 10.2. The molecule has 0 saturated carbocycles. The Morgan fingerprint density at radius 1 is 1.03 bits per heavy atom. The zero-order chi connectivity index (χ0) is 27.4. The number of carbonyl (C=O) groups excluding carboxylic acids is 2. The van der Waals surface area contributed by atoms with E-state index < -0.39 is 0 Å². The minimum atomic E-state index is -0.00688. The predicted molar refractivity (Wildman–Crippen MR) is 157 cm³/mol. The number of aromatic nitrogens is 2. The number of hydrogen-bond acceptors (Lipinski definition) is 8. The Labute approximate surface area is 236 Å². The van der Waals surface area contributed by atoms with Gasteiger partial charge in [0.05, 0.1) is 29.8 Å². The van der Waals surface area contributed by atoms with Gasteiger partial charge in [-0.1, -0.05) is 30.0 Å². The van der Waals surface area contributed by atoms with Crippen LogP contribution in [-0.2, 0) is 6.54 Å². The summed E-state index contributed by atoms with van der Waals surface area (Å²) >= 11 is 2.85. The van der Waals surface area contributed by atoms with Gasteiger partial charge in [0.15, 0.2) is 5.78 Å². The quantitative estimate of drug-likeness (QED) is 0.163. The van der Waals surface area contributed by atoms with Crippen LogP contribution >= 0.6 is 23.1 Å². The van der Waals surface area contributed by atoms with E-state index in [9.17, 15) is 9.59 Å². The number of nitrogens with zero attached hydrogens (tertiary/aromatic N) is 5. The highest BCUT2D eigenvalue weighted by molar-refractivity contribution is 8.00. The maximum Gasteiger partial charge on any atom is 0.324 e. The first-order chi connectivity index (χ1) is 18.9. The molecule has 0 bridgehead atoms. The second-order valence-corrected chi connectivity index (χ2v) is 11.6. The maximum absolute atomic E-state index is 13.5. The number of methoxy groups -OCH3 is 1. The summed E-state index contributed by atoms with van der Waals surface area (Å²) < 4.78 is 5.37. The number of urea groups is 1. The van der Waals surface area contributed by atoms with Crippen molar-refractivity contribution < 1.29 is 14.3 Å². The normalized spacial score (nSPS) is 14.0. The molecule has 0 N–H and O–H groups in total. The number of Topliss-reactive ketones (excluding diaryl/α,β-unsaturated/α-hetero) is 1. The number of benzene rings is 2. The van der Waals surface area contributed by atoms with Gasteiger partial charge < -0.3 is 14.5 Å². The Kier molecular flexibility index (Phi) is 8.44. The van der Waals surface area contributed by atoms with E-state index in [1.165, 1.54) is 23.1 Å². The summed E-state index contributed by atoms with van der Waals surface area (Å²) in [6, 6.07) is 19.2. The molecule has 5 rings (SSSR count). The van der Waals surface area contributed by atoms with Crippen molar-refractivity contribution in [2.75, 3.05) is 51.0 Å². The monoisotopic (exact) mass is 561 g/mol. The lowest BCUT2D eigenvalue weighted by Gasteiger charge is -2.36. The van der Waals surface area contributed by atoms with Crippen LogP contribution in [0.4, 0.5) is 10.5 Å². The van der Waals surface area contributed by atoms with Crippen LogP contribution in [0.25, 0.3) is 10.9 Å². The number of para-hydroxylation sites is 1. The highest BCUT2D eigenvalue weighted by Gasteiger charge is 2.26. The van der Waals surface area contributed by atoms with Crippen LogP contribution in [0.5, 0.6) is 5.75 Å². The molecule has 2 aromatic carbocycles. The maximum atomic E-state index is 13.5. The summed E-state index contributed by atoms with van der Waals surface area (Å²) in [6.07, 6.45) is 0. The van der Waals surface area contributed by atoms with Gasteiger partial charge in [-0.3, -0.25) is 9.69 Å². The van der Waals surface area contributed by atoms with E-state index in [1.807, 2.05) is 77.4 Å². The number of carbonyl (C=O) groups is 2. The third-order valence-electron chi connectivity index (χ3n) is 6.64. The SMILES string of the molecule is COc1ccc2nc(C)nc(SCC(=O)c3ccc(CN(C(=O)N4CCN(C)CC4)c4ccccc4)s3)c2c1. The number of ketones is 1. The van der Waals surface area contributed by atoms with E-state index in [2.05, 4.69) is 21.9 Å². The van der Waals surface area contributed by atoms with Crippen LogP contribution in [0.1, 0.15) is 20.4 Å². The van der Waals surface area contributed by atoms with Crippen molar-refractivity contribution in [3.8, 4) is 5.75 Å². The largest absolute Gasteiger partial charge is 0.497 e. The number of thiophene rings is 1. The number of rotatable bonds is 8. The molecule has 1 aliphatic rings. The molecule has 8 nitrogen and oxygen atoms in total. The van der Waals surface area contributed by atoms with E-state index in [-0.39, 0.29) is 17.6 Å². The second kappa shape index (κ2) is 12.1. The average molecular weight is 562 g/mol. The van der Waals surface area contributed by atoms with Crippen LogP contribution in [0, 0.1) is 6.92 Å². The second-order valence-electron chi connectivity index (χ2n) is 9.43. The smallest absolute Gasteiger partial charge is 0.324 e. The Hall–Kier alpha value is -3.47. The van der Waals surface area contributed by atoms with Crippen LogP contribution in [0.2, 0.25) is 0 Å². The zero-order valence-electron chi connectivity index (χ0n) is 22.3. The molecule has 0 radical (unpaired) electrons. The van der Waals surface area contributed by atoms with Gasteiger partial charge in [-0.15, -0.1) is 11.3 Å². The van der Waals surface area contributed by atoms with Gasteiger partial charge >= 0.3 is 6.03 Å². The van der Waals surface area contributed by atoms with E-state index in [1.54, 1.807) is 7.11 Å². The molecule has 10 heteroatoms. The molecule has 0 aliphatic carbocycles. The summed E-state index contributed by atoms with van der Waals surface area (Å²) in [5.41, 5.74) is 1.67. The van der Waals surface area contributed by atoms with Crippen molar-refractivity contribution >= 4 is 51.5 Å². The minimum absolute atomic E-state index is 0.00688. The first-order valence-corrected chi connectivity index (χ1v) is 14.6. The molecule has 4 aromatic rings. The molecule has 1 aliphatic heterocycles. The van der Waals surface area contributed by atoms with Gasteiger partial charge in [0.25, 0.3) is 0 Å². The lowest BCUT2D eigenvalue weighted by molar-refractivity contribution is 0.102. The lowest BCUT2D eigenvalue weighted by Crippen LogP contribution is -2.51. The highest BCUT2D eigenvalue weighted by Crippen LogP contribution is 2.30. The predicted octanol–water partition coefficient (Wildman–Crippen LogP) is 5.36. The van der Waals surface area contributed by atoms with Crippen molar-refractivity contribution in [2.45, 2.75) is 18.5 Å². The van der Waals surface area contributed by atoms with Gasteiger partial charge in [0.1, 0.15) is 16.6 Å². The van der Waals surface area contributed by atoms with Crippen LogP contribution in [0.3, 0.4) is 0 Å². The molecule has 1 saturated heterocycles. The molecule has 2 aromatic heterocycles. The van der Waals surface area contributed by atoms with E-state index in [0.29, 0.717) is 30.3 Å². The van der Waals surface area contributed by atoms with Crippen LogP contribution in [0.15, 0.2) is 65.7 Å². The Bertz CT molecular complexity index is 1470. The van der Waals surface area contributed by atoms with Gasteiger partial charge in [0, 0.05) is 42.1 Å². The molecule has 0 atom stereocenters. The van der Waals surface area contributed by atoms with Gasteiger partial charge in [-0.2, -0.15) is 0 Å². The summed E-state index contributed by atoms with van der Waals surface area (Å²) in [6.45, 7) is 5.38.